The van der Waals surface area contributed by atoms with Gasteiger partial charge < -0.3 is 10.1 Å². The maximum absolute atomic E-state index is 13.0. The van der Waals surface area contributed by atoms with Crippen LogP contribution >= 0.6 is 15.9 Å². The van der Waals surface area contributed by atoms with Crippen molar-refractivity contribution in [2.75, 3.05) is 5.32 Å². The smallest absolute Gasteiger partial charge is 0.346 e. The highest BCUT2D eigenvalue weighted by molar-refractivity contribution is 9.10. The molecular formula is C21H14BrN3O7. The van der Waals surface area contributed by atoms with Gasteiger partial charge in [-0.2, -0.15) is 0 Å². The van der Waals surface area contributed by atoms with Gasteiger partial charge in [-0.15, -0.1) is 0 Å². The third-order valence-corrected chi connectivity index (χ3v) is 4.96. The minimum atomic E-state index is -1.44. The van der Waals surface area contributed by atoms with Crippen LogP contribution in [0.15, 0.2) is 77.3 Å². The molecule has 3 aromatic carbocycles. The van der Waals surface area contributed by atoms with Gasteiger partial charge in [-0.05, 0) is 28.1 Å². The number of halogens is 1. The second-order valence-electron chi connectivity index (χ2n) is 6.38. The number of nitrogens with zero attached hydrogens (tertiary/aromatic N) is 2. The van der Waals surface area contributed by atoms with Crippen molar-refractivity contribution in [2.24, 2.45) is 0 Å². The molecule has 0 aliphatic heterocycles. The first-order valence-electron chi connectivity index (χ1n) is 9.02. The molecular weight excluding hydrogens is 486 g/mol. The largest absolute Gasteiger partial charge is 0.443 e. The number of rotatable bonds is 7. The van der Waals surface area contributed by atoms with Gasteiger partial charge >= 0.3 is 5.97 Å². The minimum absolute atomic E-state index is 0.183. The van der Waals surface area contributed by atoms with E-state index in [1.165, 1.54) is 36.4 Å². The number of para-hydroxylation sites is 1. The van der Waals surface area contributed by atoms with Crippen LogP contribution in [0.3, 0.4) is 0 Å². The van der Waals surface area contributed by atoms with Gasteiger partial charge in [-0.25, -0.2) is 4.79 Å². The Kier molecular flexibility index (Phi) is 6.90. The number of carbonyl (C=O) groups excluding carboxylic acids is 2. The van der Waals surface area contributed by atoms with E-state index in [1.54, 1.807) is 30.3 Å². The molecule has 0 aliphatic carbocycles. The van der Waals surface area contributed by atoms with Crippen LogP contribution in [0, 0.1) is 20.2 Å². The van der Waals surface area contributed by atoms with Gasteiger partial charge in [-0.1, -0.05) is 42.5 Å². The van der Waals surface area contributed by atoms with Gasteiger partial charge in [-0.3, -0.25) is 25.0 Å². The number of anilines is 1. The summed E-state index contributed by atoms with van der Waals surface area (Å²) in [5.41, 5.74) is -0.402. The maximum Gasteiger partial charge on any atom is 0.346 e. The second-order valence-corrected chi connectivity index (χ2v) is 7.24. The SMILES string of the molecule is O=C(OC(C(=O)Nc1ccc([N+](=O)[O-])cc1Br)c1ccccc1)c1ccccc1[N+](=O)[O-]. The molecule has 0 spiro atoms. The van der Waals surface area contributed by atoms with Gasteiger partial charge in [0.1, 0.15) is 5.56 Å². The monoisotopic (exact) mass is 499 g/mol. The van der Waals surface area contributed by atoms with Crippen molar-refractivity contribution >= 4 is 44.9 Å². The average Bonchev–Trinajstić information content (AvgIpc) is 2.78. The van der Waals surface area contributed by atoms with Crippen molar-refractivity contribution in [2.45, 2.75) is 6.10 Å². The number of benzene rings is 3. The zero-order valence-electron chi connectivity index (χ0n) is 16.1. The fourth-order valence-electron chi connectivity index (χ4n) is 2.79. The van der Waals surface area contributed by atoms with E-state index in [9.17, 15) is 29.8 Å². The number of ether oxygens (including phenoxy) is 1. The fourth-order valence-corrected chi connectivity index (χ4v) is 3.26. The number of esters is 1. The molecule has 0 fully saturated rings. The van der Waals surface area contributed by atoms with Gasteiger partial charge in [0.25, 0.3) is 17.3 Å². The van der Waals surface area contributed by atoms with E-state index >= 15 is 0 Å². The summed E-state index contributed by atoms with van der Waals surface area (Å²) in [6, 6.07) is 17.1. The van der Waals surface area contributed by atoms with E-state index in [4.69, 9.17) is 4.74 Å². The Morgan fingerprint density at radius 2 is 1.56 bits per heavy atom. The van der Waals surface area contributed by atoms with Crippen molar-refractivity contribution in [1.29, 1.82) is 0 Å². The maximum atomic E-state index is 13.0. The lowest BCUT2D eigenvalue weighted by atomic mass is 10.1. The van der Waals surface area contributed by atoms with Crippen molar-refractivity contribution in [3.8, 4) is 0 Å². The third kappa shape index (κ3) is 5.13. The number of amides is 1. The normalized spacial score (nSPS) is 11.3. The third-order valence-electron chi connectivity index (χ3n) is 4.31. The number of nitro benzene ring substituents is 2. The van der Waals surface area contributed by atoms with E-state index in [2.05, 4.69) is 21.2 Å². The lowest BCUT2D eigenvalue weighted by molar-refractivity contribution is -0.385. The quantitative estimate of drug-likeness (QED) is 0.279. The van der Waals surface area contributed by atoms with Crippen LogP contribution in [0.25, 0.3) is 0 Å². The summed E-state index contributed by atoms with van der Waals surface area (Å²) >= 11 is 3.16. The molecule has 162 valence electrons. The van der Waals surface area contributed by atoms with E-state index in [0.29, 0.717) is 5.56 Å². The molecule has 0 heterocycles. The summed E-state index contributed by atoms with van der Waals surface area (Å²) in [5.74, 6) is -1.80. The van der Waals surface area contributed by atoms with Crippen LogP contribution in [-0.2, 0) is 9.53 Å². The van der Waals surface area contributed by atoms with Gasteiger partial charge in [0.05, 0.1) is 15.5 Å². The molecule has 0 saturated heterocycles. The Balaban J connectivity index is 1.91. The molecule has 3 rings (SSSR count). The molecule has 0 aromatic heterocycles. The van der Waals surface area contributed by atoms with Crippen LogP contribution in [-0.4, -0.2) is 21.7 Å². The molecule has 0 bridgehead atoms. The first-order valence-corrected chi connectivity index (χ1v) is 9.81. The molecule has 1 amide bonds. The summed E-state index contributed by atoms with van der Waals surface area (Å²) in [6.45, 7) is 0. The Hall–Kier alpha value is -4.12. The first kappa shape index (κ1) is 22.6. The summed E-state index contributed by atoms with van der Waals surface area (Å²) in [5, 5.41) is 24.7. The van der Waals surface area contributed by atoms with E-state index < -0.39 is 33.5 Å². The molecule has 11 heteroatoms. The summed E-state index contributed by atoms with van der Waals surface area (Å²) in [7, 11) is 0. The Bertz CT molecular complexity index is 1200. The van der Waals surface area contributed by atoms with Crippen LogP contribution in [0.4, 0.5) is 17.1 Å². The summed E-state index contributed by atoms with van der Waals surface area (Å²) in [6.07, 6.45) is -1.44. The number of carbonyl (C=O) groups is 2. The Morgan fingerprint density at radius 1 is 0.906 bits per heavy atom. The van der Waals surface area contributed by atoms with Crippen molar-refractivity contribution in [3.05, 3.63) is 109 Å². The highest BCUT2D eigenvalue weighted by Crippen LogP contribution is 2.30. The lowest BCUT2D eigenvalue weighted by Gasteiger charge is -2.18. The van der Waals surface area contributed by atoms with Crippen LogP contribution < -0.4 is 5.32 Å². The predicted octanol–water partition coefficient (Wildman–Crippen LogP) is 4.80. The molecule has 3 aromatic rings. The second kappa shape index (κ2) is 9.79. The van der Waals surface area contributed by atoms with E-state index in [1.807, 2.05) is 0 Å². The molecule has 0 saturated carbocycles. The molecule has 10 nitrogen and oxygen atoms in total. The Labute approximate surface area is 189 Å². The number of non-ortho nitro benzene ring substituents is 1. The van der Waals surface area contributed by atoms with Crippen molar-refractivity contribution in [1.82, 2.24) is 0 Å². The first-order chi connectivity index (χ1) is 15.3. The summed E-state index contributed by atoms with van der Waals surface area (Å²) < 4.78 is 5.62. The van der Waals surface area contributed by atoms with Gasteiger partial charge in [0, 0.05) is 28.2 Å². The molecule has 1 atom stereocenters. The number of hydrogen-bond donors (Lipinski definition) is 1. The van der Waals surface area contributed by atoms with E-state index in [-0.39, 0.29) is 21.4 Å². The molecule has 0 radical (unpaired) electrons. The van der Waals surface area contributed by atoms with Crippen LogP contribution in [0.5, 0.6) is 0 Å². The number of nitro groups is 2. The molecule has 1 N–H and O–H groups in total. The fraction of sp³-hybridized carbons (Fsp3) is 0.0476. The van der Waals surface area contributed by atoms with Gasteiger partial charge in [0.15, 0.2) is 0 Å². The zero-order valence-corrected chi connectivity index (χ0v) is 17.7. The highest BCUT2D eigenvalue weighted by Gasteiger charge is 2.29. The summed E-state index contributed by atoms with van der Waals surface area (Å²) in [4.78, 5) is 46.5. The van der Waals surface area contributed by atoms with Crippen LogP contribution in [0.2, 0.25) is 0 Å². The number of nitrogens with one attached hydrogen (secondary N) is 1. The minimum Gasteiger partial charge on any atom is -0.443 e. The van der Waals surface area contributed by atoms with Crippen molar-refractivity contribution < 1.29 is 24.2 Å². The molecule has 0 aliphatic rings. The average molecular weight is 500 g/mol. The zero-order chi connectivity index (χ0) is 23.3. The lowest BCUT2D eigenvalue weighted by Crippen LogP contribution is -2.26. The molecule has 32 heavy (non-hydrogen) atoms. The standard InChI is InChI=1S/C21H14BrN3O7/c22-16-12-14(24(28)29)10-11-17(16)23-20(26)19(13-6-2-1-3-7-13)32-21(27)15-8-4-5-9-18(15)25(30)31/h1-12,19H,(H,23,26). The predicted molar refractivity (Wildman–Crippen MR) is 117 cm³/mol. The highest BCUT2D eigenvalue weighted by atomic mass is 79.9. The van der Waals surface area contributed by atoms with Gasteiger partial charge in [0.2, 0.25) is 6.10 Å². The number of hydrogen-bond acceptors (Lipinski definition) is 7. The topological polar surface area (TPSA) is 142 Å². The van der Waals surface area contributed by atoms with Crippen LogP contribution in [0.1, 0.15) is 22.0 Å². The Morgan fingerprint density at radius 3 is 2.19 bits per heavy atom. The van der Waals surface area contributed by atoms with Crippen molar-refractivity contribution in [3.63, 3.8) is 0 Å². The molecule has 1 unspecified atom stereocenters. The van der Waals surface area contributed by atoms with E-state index in [0.717, 1.165) is 6.07 Å².